The van der Waals surface area contributed by atoms with Gasteiger partial charge in [0.15, 0.2) is 5.82 Å². The van der Waals surface area contributed by atoms with Crippen LogP contribution in [0.3, 0.4) is 0 Å². The lowest BCUT2D eigenvalue weighted by Gasteiger charge is -2.19. The van der Waals surface area contributed by atoms with E-state index in [0.29, 0.717) is 12.2 Å². The van der Waals surface area contributed by atoms with Gasteiger partial charge in [-0.2, -0.15) is 4.98 Å². The number of aromatic nitrogens is 2. The van der Waals surface area contributed by atoms with E-state index in [0.717, 1.165) is 0 Å². The highest BCUT2D eigenvalue weighted by Crippen LogP contribution is 2.20. The summed E-state index contributed by atoms with van der Waals surface area (Å²) in [6.07, 6.45) is 0.495. The molecular weight excluding hydrogens is 206 g/mol. The van der Waals surface area contributed by atoms with E-state index >= 15 is 0 Å². The molecule has 5 heteroatoms. The van der Waals surface area contributed by atoms with E-state index in [1.165, 1.54) is 0 Å². The first-order valence-electron chi connectivity index (χ1n) is 5.53. The Morgan fingerprint density at radius 2 is 2.00 bits per heavy atom. The number of ketones is 1. The molecule has 1 rings (SSSR count). The summed E-state index contributed by atoms with van der Waals surface area (Å²) in [5.74, 6) is 0.951. The first-order valence-corrected chi connectivity index (χ1v) is 5.53. The highest BCUT2D eigenvalue weighted by molar-refractivity contribution is 5.83. The molecule has 0 aliphatic carbocycles. The van der Waals surface area contributed by atoms with E-state index in [-0.39, 0.29) is 29.6 Å². The number of anilines is 1. The molecule has 0 spiro atoms. The molecule has 1 aromatic heterocycles. The number of nitrogens with zero attached hydrogens (tertiary/aromatic N) is 2. The van der Waals surface area contributed by atoms with Crippen LogP contribution in [0.4, 0.5) is 6.01 Å². The van der Waals surface area contributed by atoms with E-state index in [1.807, 2.05) is 27.7 Å². The molecule has 0 saturated heterocycles. The number of rotatable bonds is 5. The Bertz CT molecular complexity index is 358. The molecule has 0 aliphatic rings. The van der Waals surface area contributed by atoms with Crippen LogP contribution in [-0.4, -0.2) is 15.9 Å². The number of carbonyl (C=O) groups is 1. The third kappa shape index (κ3) is 3.05. The van der Waals surface area contributed by atoms with Gasteiger partial charge in [0, 0.05) is 18.3 Å². The van der Waals surface area contributed by atoms with Crippen molar-refractivity contribution in [3.05, 3.63) is 5.82 Å². The maximum absolute atomic E-state index is 12.0. The van der Waals surface area contributed by atoms with Gasteiger partial charge in [0.05, 0.1) is 0 Å². The molecule has 5 nitrogen and oxygen atoms in total. The van der Waals surface area contributed by atoms with E-state index in [2.05, 4.69) is 10.1 Å². The Labute approximate surface area is 95.4 Å². The van der Waals surface area contributed by atoms with Crippen LogP contribution in [0.2, 0.25) is 0 Å². The molecule has 16 heavy (non-hydrogen) atoms. The fraction of sp³-hybridized carbons (Fsp3) is 0.727. The summed E-state index contributed by atoms with van der Waals surface area (Å²) in [4.78, 5) is 15.9. The molecule has 0 radical (unpaired) electrons. The molecule has 1 aromatic rings. The average molecular weight is 225 g/mol. The minimum Gasteiger partial charge on any atom is -0.351 e. The zero-order valence-corrected chi connectivity index (χ0v) is 10.2. The fourth-order valence-electron chi connectivity index (χ4n) is 1.64. The molecule has 0 bridgehead atoms. The van der Waals surface area contributed by atoms with Crippen LogP contribution in [0, 0.1) is 17.8 Å². The Morgan fingerprint density at radius 1 is 1.38 bits per heavy atom. The zero-order valence-electron chi connectivity index (χ0n) is 10.2. The van der Waals surface area contributed by atoms with Crippen LogP contribution in [0.25, 0.3) is 0 Å². The normalized spacial score (nSPS) is 13.4. The second-order valence-electron chi connectivity index (χ2n) is 4.66. The topological polar surface area (TPSA) is 82.0 Å². The van der Waals surface area contributed by atoms with Gasteiger partial charge in [-0.3, -0.25) is 4.79 Å². The first kappa shape index (κ1) is 12.7. The van der Waals surface area contributed by atoms with Gasteiger partial charge >= 0.3 is 6.01 Å². The van der Waals surface area contributed by atoms with Crippen molar-refractivity contribution in [1.29, 1.82) is 0 Å². The Morgan fingerprint density at radius 3 is 2.38 bits per heavy atom. The minimum atomic E-state index is -0.0722. The van der Waals surface area contributed by atoms with Crippen LogP contribution >= 0.6 is 0 Å². The van der Waals surface area contributed by atoms with Crippen molar-refractivity contribution in [1.82, 2.24) is 10.1 Å². The van der Waals surface area contributed by atoms with Crippen molar-refractivity contribution in [2.75, 3.05) is 5.73 Å². The molecular formula is C11H19N3O2. The molecule has 0 aliphatic heterocycles. The summed E-state index contributed by atoms with van der Waals surface area (Å²) in [5.41, 5.74) is 5.34. The average Bonchev–Trinajstić information content (AvgIpc) is 2.59. The molecule has 0 fully saturated rings. The molecule has 0 saturated carbocycles. The van der Waals surface area contributed by atoms with Gasteiger partial charge in [-0.05, 0) is 5.92 Å². The summed E-state index contributed by atoms with van der Waals surface area (Å²) in [6.45, 7) is 7.85. The first-order chi connectivity index (χ1) is 7.41. The molecule has 90 valence electrons. The Hall–Kier alpha value is -1.39. The summed E-state index contributed by atoms with van der Waals surface area (Å²) in [6, 6.07) is 0.0505. The second kappa shape index (κ2) is 5.09. The second-order valence-corrected chi connectivity index (χ2v) is 4.66. The quantitative estimate of drug-likeness (QED) is 0.824. The zero-order chi connectivity index (χ0) is 12.3. The molecule has 0 amide bonds. The number of hydrogen-bond donors (Lipinski definition) is 1. The molecule has 0 aromatic carbocycles. The Balaban J connectivity index is 2.76. The van der Waals surface area contributed by atoms with Gasteiger partial charge in [-0.15, -0.1) is 0 Å². The van der Waals surface area contributed by atoms with Crippen LogP contribution in [0.5, 0.6) is 0 Å². The molecule has 2 N–H and O–H groups in total. The lowest BCUT2D eigenvalue weighted by molar-refractivity contribution is -0.127. The smallest absolute Gasteiger partial charge is 0.318 e. The number of nitrogens with two attached hydrogens (primary N) is 1. The third-order valence-corrected chi connectivity index (χ3v) is 2.63. The van der Waals surface area contributed by atoms with Crippen LogP contribution in [-0.2, 0) is 11.2 Å². The number of Topliss-reactive ketones (excluding diaryl/α,β-unsaturated/α-hetero) is 1. The third-order valence-electron chi connectivity index (χ3n) is 2.63. The van der Waals surface area contributed by atoms with Crippen LogP contribution in [0.1, 0.15) is 33.5 Å². The predicted octanol–water partition coefficient (Wildman–Crippen LogP) is 1.69. The lowest BCUT2D eigenvalue weighted by atomic mass is 9.84. The van der Waals surface area contributed by atoms with Crippen molar-refractivity contribution >= 4 is 11.8 Å². The predicted molar refractivity (Wildman–Crippen MR) is 60.6 cm³/mol. The molecule has 0 unspecified atom stereocenters. The van der Waals surface area contributed by atoms with Crippen molar-refractivity contribution in [2.24, 2.45) is 17.8 Å². The maximum atomic E-state index is 12.0. The van der Waals surface area contributed by atoms with Crippen molar-refractivity contribution in [3.63, 3.8) is 0 Å². The summed E-state index contributed by atoms with van der Waals surface area (Å²) >= 11 is 0. The monoisotopic (exact) mass is 225 g/mol. The van der Waals surface area contributed by atoms with Crippen LogP contribution < -0.4 is 5.73 Å². The highest BCUT2D eigenvalue weighted by Gasteiger charge is 2.26. The molecule has 1 atom stereocenters. The van der Waals surface area contributed by atoms with Crippen molar-refractivity contribution in [2.45, 2.75) is 34.1 Å². The summed E-state index contributed by atoms with van der Waals surface area (Å²) in [7, 11) is 0. The largest absolute Gasteiger partial charge is 0.351 e. The summed E-state index contributed by atoms with van der Waals surface area (Å²) in [5, 5.41) is 3.72. The van der Waals surface area contributed by atoms with Crippen molar-refractivity contribution in [3.8, 4) is 0 Å². The van der Waals surface area contributed by atoms with Crippen molar-refractivity contribution < 1.29 is 9.32 Å². The van der Waals surface area contributed by atoms with Gasteiger partial charge in [-0.1, -0.05) is 32.9 Å². The highest BCUT2D eigenvalue weighted by atomic mass is 16.5. The number of carbonyl (C=O) groups excluding carboxylic acids is 1. The number of hydrogen-bond acceptors (Lipinski definition) is 5. The lowest BCUT2D eigenvalue weighted by Crippen LogP contribution is -2.27. The fourth-order valence-corrected chi connectivity index (χ4v) is 1.64. The van der Waals surface area contributed by atoms with E-state index < -0.39 is 0 Å². The van der Waals surface area contributed by atoms with E-state index in [1.54, 1.807) is 0 Å². The Kier molecular flexibility index (Phi) is 4.04. The summed E-state index contributed by atoms with van der Waals surface area (Å²) < 4.78 is 4.69. The van der Waals surface area contributed by atoms with Crippen LogP contribution in [0.15, 0.2) is 4.52 Å². The van der Waals surface area contributed by atoms with Gasteiger partial charge in [-0.25, -0.2) is 0 Å². The van der Waals surface area contributed by atoms with E-state index in [4.69, 9.17) is 10.3 Å². The standard InChI is InChI=1S/C11H19N3O2/c1-6(2)8(10(15)7(3)4)5-9-13-11(12)16-14-9/h6-8H,5H2,1-4H3,(H2,12,13,14)/t8-/m0/s1. The number of nitrogen functional groups attached to an aromatic ring is 1. The van der Waals surface area contributed by atoms with Gasteiger partial charge in [0.2, 0.25) is 0 Å². The SMILES string of the molecule is CC(C)C(=O)[C@@H](Cc1noc(N)n1)C(C)C. The van der Waals surface area contributed by atoms with Gasteiger partial charge < -0.3 is 10.3 Å². The van der Waals surface area contributed by atoms with Gasteiger partial charge in [0.1, 0.15) is 5.78 Å². The minimum absolute atomic E-state index is 0.0247. The maximum Gasteiger partial charge on any atom is 0.318 e. The van der Waals surface area contributed by atoms with Gasteiger partial charge in [0.25, 0.3) is 0 Å². The van der Waals surface area contributed by atoms with E-state index in [9.17, 15) is 4.79 Å². The molecule has 1 heterocycles.